The van der Waals surface area contributed by atoms with E-state index in [1.54, 1.807) is 37.3 Å². The van der Waals surface area contributed by atoms with Gasteiger partial charge in [-0.05, 0) is 31.5 Å². The van der Waals surface area contributed by atoms with Crippen LogP contribution in [0.15, 0.2) is 59.7 Å². The molecule has 0 heterocycles. The summed E-state index contributed by atoms with van der Waals surface area (Å²) in [6, 6.07) is 13.4. The van der Waals surface area contributed by atoms with Crippen LogP contribution in [0.25, 0.3) is 0 Å². The van der Waals surface area contributed by atoms with Gasteiger partial charge in [-0.1, -0.05) is 30.3 Å². The summed E-state index contributed by atoms with van der Waals surface area (Å²) in [6.45, 7) is 3.20. The lowest BCUT2D eigenvalue weighted by molar-refractivity contribution is -0.384. The first kappa shape index (κ1) is 26.0. The highest BCUT2D eigenvalue weighted by atomic mass is 16.6. The molecule has 2 N–H and O–H groups in total. The van der Waals surface area contributed by atoms with Crippen molar-refractivity contribution in [1.82, 2.24) is 10.3 Å². The number of carbonyl (C=O) groups excluding carboxylic acids is 3. The summed E-state index contributed by atoms with van der Waals surface area (Å²) >= 11 is 0. The van der Waals surface area contributed by atoms with Gasteiger partial charge in [0.1, 0.15) is 0 Å². The van der Waals surface area contributed by atoms with Gasteiger partial charge in [0.25, 0.3) is 5.69 Å². The van der Waals surface area contributed by atoms with Crippen LogP contribution in [0.2, 0.25) is 0 Å². The monoisotopic (exact) mass is 469 g/mol. The number of amides is 3. The third-order valence-corrected chi connectivity index (χ3v) is 4.86. The van der Waals surface area contributed by atoms with Crippen LogP contribution in [0, 0.1) is 16.0 Å². The zero-order chi connectivity index (χ0) is 25.3. The smallest absolute Gasteiger partial charge is 0.339 e. The van der Waals surface area contributed by atoms with Gasteiger partial charge in [0.15, 0.2) is 0 Å². The Hall–Kier alpha value is -4.28. The number of nitro benzene ring substituents is 1. The molecule has 11 heteroatoms. The molecule has 0 spiro atoms. The van der Waals surface area contributed by atoms with Gasteiger partial charge in [-0.3, -0.25) is 19.7 Å². The lowest BCUT2D eigenvalue weighted by Crippen LogP contribution is -2.41. The molecule has 3 amide bonds. The standard InChI is InChI=1S/C23H27N5O6/c1-5-34-22(30)20(16-11-13-18(14-12-16)28(32)33)19(21(29)27(3)4)15(2)25-26-23(31)24-17-9-7-6-8-10-17/h6-14,19-20H,5H2,1-4H3,(H2,24,26,31)/b25-15+. The van der Waals surface area contributed by atoms with Crippen molar-refractivity contribution in [3.63, 3.8) is 0 Å². The summed E-state index contributed by atoms with van der Waals surface area (Å²) in [5, 5.41) is 17.7. The Morgan fingerprint density at radius 2 is 1.71 bits per heavy atom. The van der Waals surface area contributed by atoms with Crippen LogP contribution in [0.1, 0.15) is 25.3 Å². The number of ether oxygens (including phenoxy) is 1. The van der Waals surface area contributed by atoms with Gasteiger partial charge in [-0.2, -0.15) is 5.10 Å². The molecule has 0 bridgehead atoms. The summed E-state index contributed by atoms with van der Waals surface area (Å²) in [7, 11) is 3.05. The van der Waals surface area contributed by atoms with Crippen molar-refractivity contribution in [1.29, 1.82) is 0 Å². The van der Waals surface area contributed by atoms with Crippen molar-refractivity contribution in [2.75, 3.05) is 26.0 Å². The highest BCUT2D eigenvalue weighted by molar-refractivity contribution is 6.07. The molecule has 0 aliphatic carbocycles. The minimum Gasteiger partial charge on any atom is -0.465 e. The lowest BCUT2D eigenvalue weighted by atomic mass is 9.82. The molecular formula is C23H27N5O6. The van der Waals surface area contributed by atoms with Crippen molar-refractivity contribution < 1.29 is 24.0 Å². The third kappa shape index (κ3) is 6.86. The maximum Gasteiger partial charge on any atom is 0.339 e. The van der Waals surface area contributed by atoms with Crippen molar-refractivity contribution in [3.8, 4) is 0 Å². The summed E-state index contributed by atoms with van der Waals surface area (Å²) in [5.74, 6) is -3.42. The number of hydrogen-bond donors (Lipinski definition) is 2. The van der Waals surface area contributed by atoms with Crippen LogP contribution in [-0.2, 0) is 14.3 Å². The second-order valence-electron chi connectivity index (χ2n) is 7.47. The molecule has 0 fully saturated rings. The Kier molecular flexibility index (Phi) is 9.24. The largest absolute Gasteiger partial charge is 0.465 e. The number of benzene rings is 2. The molecule has 0 radical (unpaired) electrons. The summed E-state index contributed by atoms with van der Waals surface area (Å²) in [6.07, 6.45) is 0. The molecule has 2 aromatic rings. The molecule has 0 saturated carbocycles. The van der Waals surface area contributed by atoms with Gasteiger partial charge in [-0.25, -0.2) is 10.2 Å². The van der Waals surface area contributed by atoms with E-state index in [4.69, 9.17) is 4.74 Å². The number of non-ortho nitro benzene ring substituents is 1. The SMILES string of the molecule is CCOC(=O)C(c1ccc([N+](=O)[O-])cc1)C(C(=O)N(C)C)/C(C)=N/NC(=O)Nc1ccccc1. The molecule has 2 rings (SSSR count). The summed E-state index contributed by atoms with van der Waals surface area (Å²) in [5.41, 5.74) is 3.21. The molecular weight excluding hydrogens is 442 g/mol. The Bertz CT molecular complexity index is 1050. The number of nitro groups is 1. The van der Waals surface area contributed by atoms with Crippen LogP contribution in [0.4, 0.5) is 16.2 Å². The highest BCUT2D eigenvalue weighted by Gasteiger charge is 2.39. The second-order valence-corrected chi connectivity index (χ2v) is 7.47. The molecule has 2 aromatic carbocycles. The average Bonchev–Trinajstić information content (AvgIpc) is 2.81. The normalized spacial score (nSPS) is 12.8. The van der Waals surface area contributed by atoms with Gasteiger partial charge < -0.3 is 15.0 Å². The quantitative estimate of drug-likeness (QED) is 0.250. The second kappa shape index (κ2) is 12.1. The van der Waals surface area contributed by atoms with E-state index in [1.807, 2.05) is 0 Å². The van der Waals surface area contributed by atoms with E-state index in [9.17, 15) is 24.5 Å². The zero-order valence-corrected chi connectivity index (χ0v) is 19.3. The first-order valence-corrected chi connectivity index (χ1v) is 10.4. The maximum atomic E-state index is 13.1. The van der Waals surface area contributed by atoms with E-state index in [2.05, 4.69) is 15.8 Å². The number of carbonyl (C=O) groups is 3. The Morgan fingerprint density at radius 3 is 2.24 bits per heavy atom. The Labute approximate surface area is 196 Å². The van der Waals surface area contributed by atoms with Crippen LogP contribution < -0.4 is 10.7 Å². The van der Waals surface area contributed by atoms with Crippen LogP contribution >= 0.6 is 0 Å². The predicted octanol–water partition coefficient (Wildman–Crippen LogP) is 3.14. The van der Waals surface area contributed by atoms with E-state index in [1.165, 1.54) is 50.2 Å². The Morgan fingerprint density at radius 1 is 1.09 bits per heavy atom. The van der Waals surface area contributed by atoms with Gasteiger partial charge in [0, 0.05) is 37.6 Å². The number of esters is 1. The number of anilines is 1. The lowest BCUT2D eigenvalue weighted by Gasteiger charge is -2.27. The predicted molar refractivity (Wildman–Crippen MR) is 126 cm³/mol. The van der Waals surface area contributed by atoms with Crippen molar-refractivity contribution in [3.05, 3.63) is 70.3 Å². The minimum atomic E-state index is -1.14. The van der Waals surface area contributed by atoms with Gasteiger partial charge >= 0.3 is 12.0 Å². The zero-order valence-electron chi connectivity index (χ0n) is 19.3. The average molecular weight is 469 g/mol. The molecule has 0 aliphatic heterocycles. The number of hydrogen-bond acceptors (Lipinski definition) is 7. The number of rotatable bonds is 9. The molecule has 180 valence electrons. The number of nitrogens with one attached hydrogen (secondary N) is 2. The number of para-hydroxylation sites is 1. The fraction of sp³-hybridized carbons (Fsp3) is 0.304. The van der Waals surface area contributed by atoms with Crippen molar-refractivity contribution in [2.24, 2.45) is 11.0 Å². The molecule has 0 aromatic heterocycles. The van der Waals surface area contributed by atoms with Crippen molar-refractivity contribution >= 4 is 35.0 Å². The first-order valence-electron chi connectivity index (χ1n) is 10.4. The molecule has 11 nitrogen and oxygen atoms in total. The van der Waals surface area contributed by atoms with Gasteiger partial charge in [0.2, 0.25) is 5.91 Å². The van der Waals surface area contributed by atoms with Gasteiger partial charge in [-0.15, -0.1) is 0 Å². The molecule has 2 unspecified atom stereocenters. The minimum absolute atomic E-state index is 0.0686. The molecule has 34 heavy (non-hydrogen) atoms. The van der Waals surface area contributed by atoms with E-state index >= 15 is 0 Å². The molecule has 2 atom stereocenters. The maximum absolute atomic E-state index is 13.1. The van der Waals surface area contributed by atoms with E-state index < -0.39 is 34.7 Å². The van der Waals surface area contributed by atoms with E-state index in [0.29, 0.717) is 11.3 Å². The first-order chi connectivity index (χ1) is 16.1. The topological polar surface area (TPSA) is 143 Å². The van der Waals surface area contributed by atoms with Crippen LogP contribution in [-0.4, -0.2) is 54.1 Å². The summed E-state index contributed by atoms with van der Waals surface area (Å²) in [4.78, 5) is 50.1. The van der Waals surface area contributed by atoms with Crippen molar-refractivity contribution in [2.45, 2.75) is 19.8 Å². The molecule has 0 saturated heterocycles. The highest BCUT2D eigenvalue weighted by Crippen LogP contribution is 2.30. The Balaban J connectivity index is 2.40. The fourth-order valence-electron chi connectivity index (χ4n) is 3.23. The van der Waals surface area contributed by atoms with Gasteiger partial charge in [0.05, 0.1) is 23.4 Å². The molecule has 0 aliphatic rings. The van der Waals surface area contributed by atoms with E-state index in [-0.39, 0.29) is 18.0 Å². The number of urea groups is 1. The fourth-order valence-corrected chi connectivity index (χ4v) is 3.23. The van der Waals surface area contributed by atoms with E-state index in [0.717, 1.165) is 0 Å². The number of hydrazone groups is 1. The number of nitrogens with zero attached hydrogens (tertiary/aromatic N) is 3. The van der Waals surface area contributed by atoms with Crippen LogP contribution in [0.3, 0.4) is 0 Å². The summed E-state index contributed by atoms with van der Waals surface area (Å²) < 4.78 is 5.20. The van der Waals surface area contributed by atoms with Crippen LogP contribution in [0.5, 0.6) is 0 Å². The third-order valence-electron chi connectivity index (χ3n) is 4.86.